The topological polar surface area (TPSA) is 158 Å². The molecule has 0 radical (unpaired) electrons. The van der Waals surface area contributed by atoms with Crippen molar-refractivity contribution in [3.8, 4) is 0 Å². The fraction of sp³-hybridized carbons (Fsp3) is 0.125. The third-order valence-corrected chi connectivity index (χ3v) is 2.50. The van der Waals surface area contributed by atoms with E-state index in [-0.39, 0.29) is 5.56 Å². The molecule has 0 spiro atoms. The number of hydrogen-bond donors (Lipinski definition) is 4. The monoisotopic (exact) mass is 460 g/mol. The van der Waals surface area contributed by atoms with Crippen molar-refractivity contribution in [1.29, 1.82) is 0 Å². The molecule has 30 heavy (non-hydrogen) atoms. The zero-order chi connectivity index (χ0) is 24.1. The van der Waals surface area contributed by atoms with Crippen LogP contribution in [0.3, 0.4) is 0 Å². The molecule has 9 nitrogen and oxygen atoms in total. The summed E-state index contributed by atoms with van der Waals surface area (Å²) in [5.41, 5.74) is -0.787. The summed E-state index contributed by atoms with van der Waals surface area (Å²) in [6.45, 7) is 0. The van der Waals surface area contributed by atoms with E-state index in [0.717, 1.165) is 38.5 Å². The number of carboxylic acid groups (broad SMARTS) is 1. The van der Waals surface area contributed by atoms with Crippen molar-refractivity contribution < 1.29 is 59.6 Å². The first-order chi connectivity index (χ1) is 13.8. The molecule has 2 aromatic carbocycles. The summed E-state index contributed by atoms with van der Waals surface area (Å²) in [7, 11) is -2.54. The molecular weight excluding hydrogens is 444 g/mol. The molecule has 14 heteroatoms. The van der Waals surface area contributed by atoms with Crippen molar-refractivity contribution in [1.82, 2.24) is 0 Å². The van der Waals surface area contributed by atoms with Crippen LogP contribution in [0, 0.1) is 23.3 Å². The summed E-state index contributed by atoms with van der Waals surface area (Å²) >= 11 is 0. The van der Waals surface area contributed by atoms with Crippen LogP contribution in [-0.2, 0) is 15.1 Å². The number of hydrogen-bond acceptors (Lipinski definition) is 6. The lowest BCUT2D eigenvalue weighted by atomic mass is 10.2. The molecule has 0 heterocycles. The number of benzene rings is 2. The fourth-order valence-electron chi connectivity index (χ4n) is 1.43. The average molecular weight is 460 g/mol. The number of aromatic carboxylic acids is 1. The van der Waals surface area contributed by atoms with Gasteiger partial charge < -0.3 is 14.9 Å². The van der Waals surface area contributed by atoms with E-state index in [1.165, 1.54) is 0 Å². The molecule has 0 atom stereocenters. The molecule has 0 aliphatic carbocycles. The highest BCUT2D eigenvalue weighted by atomic mass is 32.3. The summed E-state index contributed by atoms with van der Waals surface area (Å²) in [5.74, 6) is -5.69. The van der Waals surface area contributed by atoms with Gasteiger partial charge in [-0.05, 0) is 24.3 Å². The number of aliphatic hydroxyl groups is 1. The SMILES string of the molecule is CO.COC(=O)c1ccc(F)cc1F.O=C(O)c1ccc(F)cc1F.O=S(=O)(O)O. The lowest BCUT2D eigenvalue weighted by Crippen LogP contribution is -2.04. The van der Waals surface area contributed by atoms with Crippen molar-refractivity contribution in [2.24, 2.45) is 0 Å². The highest BCUT2D eigenvalue weighted by Gasteiger charge is 2.11. The standard InChI is InChI=1S/C8H6F2O2.C7H4F2O2.CH4O.H2O4S/c1-12-8(11)6-3-2-5(9)4-7(6)10;8-4-1-2-5(7(10)11)6(9)3-4;1-2;1-5(2,3)4/h2-4H,1H3;1-3H,(H,10,11);2H,1H3;(H2,1,2,3,4). The van der Waals surface area contributed by atoms with Gasteiger partial charge >= 0.3 is 22.3 Å². The van der Waals surface area contributed by atoms with E-state index in [1.54, 1.807) is 0 Å². The summed E-state index contributed by atoms with van der Waals surface area (Å²) in [4.78, 5) is 20.9. The Hall–Kier alpha value is -3.07. The van der Waals surface area contributed by atoms with Crippen LogP contribution >= 0.6 is 0 Å². The number of esters is 1. The molecule has 0 unspecified atom stereocenters. The highest BCUT2D eigenvalue weighted by molar-refractivity contribution is 7.79. The van der Waals surface area contributed by atoms with Crippen molar-refractivity contribution in [2.75, 3.05) is 14.2 Å². The van der Waals surface area contributed by atoms with Crippen LogP contribution in [0.5, 0.6) is 0 Å². The smallest absolute Gasteiger partial charge is 0.394 e. The molecule has 0 aromatic heterocycles. The van der Waals surface area contributed by atoms with E-state index in [9.17, 15) is 27.2 Å². The van der Waals surface area contributed by atoms with E-state index >= 15 is 0 Å². The average Bonchev–Trinajstić information content (AvgIpc) is 2.61. The quantitative estimate of drug-likeness (QED) is 0.300. The van der Waals surface area contributed by atoms with E-state index in [2.05, 4.69) is 4.74 Å². The predicted octanol–water partition coefficient (Wildman–Crippen LogP) is 2.37. The zero-order valence-corrected chi connectivity index (χ0v) is 16.0. The molecular formula is C16H16F4O9S. The van der Waals surface area contributed by atoms with Gasteiger partial charge in [-0.2, -0.15) is 8.42 Å². The number of carbonyl (C=O) groups excluding carboxylic acids is 1. The van der Waals surface area contributed by atoms with Crippen LogP contribution in [0.25, 0.3) is 0 Å². The second kappa shape index (κ2) is 14.0. The van der Waals surface area contributed by atoms with Gasteiger partial charge in [0.2, 0.25) is 0 Å². The van der Waals surface area contributed by atoms with E-state index in [0.29, 0.717) is 12.1 Å². The normalized spacial score (nSPS) is 9.50. The minimum absolute atomic E-state index is 0.265. The summed E-state index contributed by atoms with van der Waals surface area (Å²) in [6.07, 6.45) is 0. The Morgan fingerprint density at radius 3 is 1.43 bits per heavy atom. The lowest BCUT2D eigenvalue weighted by Gasteiger charge is -1.99. The number of halogens is 4. The van der Waals surface area contributed by atoms with Crippen LogP contribution in [0.1, 0.15) is 20.7 Å². The number of ether oxygens (including phenoxy) is 1. The van der Waals surface area contributed by atoms with E-state index in [1.807, 2.05) is 0 Å². The molecule has 2 aromatic rings. The minimum Gasteiger partial charge on any atom is -0.478 e. The van der Waals surface area contributed by atoms with E-state index in [4.69, 9.17) is 27.7 Å². The molecule has 0 bridgehead atoms. The number of carboxylic acids is 1. The Bertz CT molecular complexity index is 942. The first kappa shape index (κ1) is 29.1. The molecule has 4 N–H and O–H groups in total. The predicted molar refractivity (Wildman–Crippen MR) is 93.3 cm³/mol. The summed E-state index contributed by atoms with van der Waals surface area (Å²) in [6, 6.07) is 4.97. The molecule has 0 saturated carbocycles. The van der Waals surface area contributed by atoms with Gasteiger partial charge in [0.15, 0.2) is 0 Å². The lowest BCUT2D eigenvalue weighted by molar-refractivity contribution is 0.0594. The first-order valence-corrected chi connectivity index (χ1v) is 8.52. The number of rotatable bonds is 2. The molecule has 0 saturated heterocycles. The van der Waals surface area contributed by atoms with Crippen molar-refractivity contribution >= 4 is 22.3 Å². The highest BCUT2D eigenvalue weighted by Crippen LogP contribution is 2.10. The first-order valence-electron chi connectivity index (χ1n) is 7.12. The van der Waals surface area contributed by atoms with Crippen molar-refractivity contribution in [3.05, 3.63) is 70.8 Å². The van der Waals surface area contributed by atoms with Crippen molar-refractivity contribution in [3.63, 3.8) is 0 Å². The molecule has 0 amide bonds. The Morgan fingerprint density at radius 2 is 1.17 bits per heavy atom. The van der Waals surface area contributed by atoms with Crippen LogP contribution in [0.4, 0.5) is 17.6 Å². The summed E-state index contributed by atoms with van der Waals surface area (Å²) < 4.78 is 85.6. The van der Waals surface area contributed by atoms with Gasteiger partial charge in [0.1, 0.15) is 23.3 Å². The third kappa shape index (κ3) is 13.2. The van der Waals surface area contributed by atoms with Crippen LogP contribution in [0.2, 0.25) is 0 Å². The Labute approximate surface area is 167 Å². The third-order valence-electron chi connectivity index (χ3n) is 2.50. The largest absolute Gasteiger partial charge is 0.478 e. The Balaban J connectivity index is 0. The van der Waals surface area contributed by atoms with Crippen LogP contribution in [0.15, 0.2) is 36.4 Å². The van der Waals surface area contributed by atoms with Crippen LogP contribution in [-0.4, -0.2) is 53.9 Å². The maximum Gasteiger partial charge on any atom is 0.394 e. The van der Waals surface area contributed by atoms with Gasteiger partial charge in [-0.1, -0.05) is 0 Å². The second-order valence-corrected chi connectivity index (χ2v) is 5.39. The molecule has 0 fully saturated rings. The fourth-order valence-corrected chi connectivity index (χ4v) is 1.43. The number of methoxy groups -OCH3 is 1. The molecule has 0 aliphatic heterocycles. The summed E-state index contributed by atoms with van der Waals surface area (Å²) in [5, 5.41) is 15.3. The maximum atomic E-state index is 12.7. The minimum atomic E-state index is -4.67. The van der Waals surface area contributed by atoms with Gasteiger partial charge in [0, 0.05) is 19.2 Å². The van der Waals surface area contributed by atoms with Gasteiger partial charge in [-0.25, -0.2) is 27.2 Å². The molecule has 168 valence electrons. The molecule has 2 rings (SSSR count). The zero-order valence-electron chi connectivity index (χ0n) is 15.2. The number of aliphatic hydroxyl groups excluding tert-OH is 1. The molecule has 0 aliphatic rings. The second-order valence-electron chi connectivity index (χ2n) is 4.49. The van der Waals surface area contributed by atoms with Crippen molar-refractivity contribution in [2.45, 2.75) is 0 Å². The number of carbonyl (C=O) groups is 2. The Kier molecular flexibility index (Phi) is 13.6. The maximum absolute atomic E-state index is 12.7. The van der Waals surface area contributed by atoms with Gasteiger partial charge in [-0.15, -0.1) is 0 Å². The van der Waals surface area contributed by atoms with Crippen LogP contribution < -0.4 is 0 Å². The van der Waals surface area contributed by atoms with Gasteiger partial charge in [0.25, 0.3) is 0 Å². The van der Waals surface area contributed by atoms with Gasteiger partial charge in [0.05, 0.1) is 18.2 Å². The Morgan fingerprint density at radius 1 is 0.833 bits per heavy atom. The van der Waals surface area contributed by atoms with E-state index < -0.39 is 51.2 Å². The van der Waals surface area contributed by atoms with Gasteiger partial charge in [-0.3, -0.25) is 9.11 Å².